The van der Waals surface area contributed by atoms with E-state index in [0.29, 0.717) is 17.8 Å². The lowest BCUT2D eigenvalue weighted by Gasteiger charge is -2.23. The zero-order valence-electron chi connectivity index (χ0n) is 9.57. The monoisotopic (exact) mass is 230 g/mol. The van der Waals surface area contributed by atoms with Crippen molar-refractivity contribution >= 4 is 11.7 Å². The van der Waals surface area contributed by atoms with Gasteiger partial charge in [0.05, 0.1) is 0 Å². The van der Waals surface area contributed by atoms with Gasteiger partial charge in [-0.15, -0.1) is 0 Å². The molecule has 2 N–H and O–H groups in total. The van der Waals surface area contributed by atoms with E-state index < -0.39 is 0 Å². The number of amides is 1. The van der Waals surface area contributed by atoms with Gasteiger partial charge < -0.3 is 10.6 Å². The molecule has 1 saturated heterocycles. The Morgan fingerprint density at radius 2 is 2.06 bits per heavy atom. The van der Waals surface area contributed by atoms with Crippen LogP contribution in [0.5, 0.6) is 0 Å². The van der Waals surface area contributed by atoms with Crippen LogP contribution in [0.25, 0.3) is 0 Å². The summed E-state index contributed by atoms with van der Waals surface area (Å²) in [6, 6.07) is 8.97. The lowest BCUT2D eigenvalue weighted by atomic mass is 10.1. The minimum absolute atomic E-state index is 0.0893. The van der Waals surface area contributed by atoms with E-state index in [1.165, 1.54) is 6.08 Å². The van der Waals surface area contributed by atoms with Gasteiger partial charge in [-0.2, -0.15) is 0 Å². The zero-order chi connectivity index (χ0) is 12.3. The second-order valence-corrected chi connectivity index (χ2v) is 4.04. The summed E-state index contributed by atoms with van der Waals surface area (Å²) in [7, 11) is 0. The van der Waals surface area contributed by atoms with Gasteiger partial charge in [0, 0.05) is 24.2 Å². The highest BCUT2D eigenvalue weighted by molar-refractivity contribution is 6.09. The average molecular weight is 230 g/mol. The van der Waals surface area contributed by atoms with Gasteiger partial charge in [-0.1, -0.05) is 30.3 Å². The molecule has 0 radical (unpaired) electrons. The van der Waals surface area contributed by atoms with Crippen molar-refractivity contribution in [2.75, 3.05) is 6.54 Å². The zero-order valence-corrected chi connectivity index (χ0v) is 9.57. The minimum atomic E-state index is -0.229. The van der Waals surface area contributed by atoms with E-state index in [0.717, 1.165) is 0 Å². The minimum Gasteiger partial charge on any atom is -0.378 e. The van der Waals surface area contributed by atoms with E-state index in [1.54, 1.807) is 24.3 Å². The van der Waals surface area contributed by atoms with Crippen molar-refractivity contribution in [1.29, 1.82) is 0 Å². The van der Waals surface area contributed by atoms with Crippen LogP contribution in [0.3, 0.4) is 0 Å². The lowest BCUT2D eigenvalue weighted by molar-refractivity contribution is -0.119. The third kappa shape index (κ3) is 2.72. The average Bonchev–Trinajstić information content (AvgIpc) is 2.34. The van der Waals surface area contributed by atoms with Crippen molar-refractivity contribution < 1.29 is 9.59 Å². The third-order valence-corrected chi connectivity index (χ3v) is 2.55. The molecule has 88 valence electrons. The van der Waals surface area contributed by atoms with Crippen LogP contribution in [0.1, 0.15) is 17.3 Å². The molecule has 0 aromatic heterocycles. The van der Waals surface area contributed by atoms with E-state index in [1.807, 2.05) is 13.0 Å². The maximum atomic E-state index is 11.8. The Hall–Kier alpha value is -2.10. The molecule has 1 aromatic carbocycles. The molecule has 1 aromatic rings. The maximum Gasteiger partial charge on any atom is 0.267 e. The van der Waals surface area contributed by atoms with E-state index in [9.17, 15) is 9.59 Å². The number of rotatable bonds is 2. The maximum absolute atomic E-state index is 11.8. The molecule has 0 bridgehead atoms. The van der Waals surface area contributed by atoms with E-state index in [2.05, 4.69) is 10.6 Å². The predicted octanol–water partition coefficient (Wildman–Crippen LogP) is 0.861. The van der Waals surface area contributed by atoms with Crippen LogP contribution in [0, 0.1) is 0 Å². The Morgan fingerprint density at radius 1 is 1.35 bits per heavy atom. The topological polar surface area (TPSA) is 58.2 Å². The van der Waals surface area contributed by atoms with Crippen LogP contribution in [0.2, 0.25) is 0 Å². The van der Waals surface area contributed by atoms with Crippen LogP contribution in [0.4, 0.5) is 0 Å². The molecule has 4 heteroatoms. The number of benzene rings is 1. The van der Waals surface area contributed by atoms with E-state index in [4.69, 9.17) is 0 Å². The first-order chi connectivity index (χ1) is 8.16. The fraction of sp³-hybridized carbons (Fsp3) is 0.231. The Labute approximate surface area is 99.7 Å². The summed E-state index contributed by atoms with van der Waals surface area (Å²) >= 11 is 0. The van der Waals surface area contributed by atoms with Gasteiger partial charge in [0.15, 0.2) is 5.78 Å². The molecule has 1 aliphatic heterocycles. The molecule has 1 heterocycles. The summed E-state index contributed by atoms with van der Waals surface area (Å²) in [6.07, 6.45) is 1.34. The fourth-order valence-corrected chi connectivity index (χ4v) is 1.63. The molecule has 1 amide bonds. The van der Waals surface area contributed by atoms with Crippen LogP contribution < -0.4 is 10.6 Å². The van der Waals surface area contributed by atoms with Gasteiger partial charge in [0.2, 0.25) is 0 Å². The largest absolute Gasteiger partial charge is 0.378 e. The van der Waals surface area contributed by atoms with Crippen molar-refractivity contribution in [3.8, 4) is 0 Å². The van der Waals surface area contributed by atoms with Crippen molar-refractivity contribution in [2.45, 2.75) is 13.0 Å². The summed E-state index contributed by atoms with van der Waals surface area (Å²) in [5, 5.41) is 5.71. The third-order valence-electron chi connectivity index (χ3n) is 2.55. The van der Waals surface area contributed by atoms with Crippen LogP contribution in [-0.2, 0) is 4.79 Å². The first-order valence-electron chi connectivity index (χ1n) is 5.52. The number of piperazine rings is 1. The van der Waals surface area contributed by atoms with Crippen LogP contribution in [-0.4, -0.2) is 24.3 Å². The summed E-state index contributed by atoms with van der Waals surface area (Å²) in [6.45, 7) is 2.54. The standard InChI is InChI=1S/C13H14N2O2/c1-9-8-14-11(13(17)15-9)7-12(16)10-5-3-2-4-6-10/h2-7,9,14H,8H2,1H3,(H,15,17)/b11-7-/t9-/m1/s1. The Morgan fingerprint density at radius 3 is 2.71 bits per heavy atom. The van der Waals surface area contributed by atoms with Crippen LogP contribution in [0.15, 0.2) is 42.1 Å². The molecule has 2 rings (SSSR count). The summed E-state index contributed by atoms with van der Waals surface area (Å²) < 4.78 is 0. The number of allylic oxidation sites excluding steroid dienone is 1. The van der Waals surface area contributed by atoms with Crippen molar-refractivity contribution in [1.82, 2.24) is 10.6 Å². The van der Waals surface area contributed by atoms with Gasteiger partial charge >= 0.3 is 0 Å². The SMILES string of the molecule is C[C@@H]1CN/C(=C\C(=O)c2ccccc2)C(=O)N1. The second kappa shape index (κ2) is 4.82. The Bertz CT molecular complexity index is 466. The first kappa shape index (κ1) is 11.4. The van der Waals surface area contributed by atoms with E-state index >= 15 is 0 Å². The van der Waals surface area contributed by atoms with Crippen molar-refractivity contribution in [3.05, 3.63) is 47.7 Å². The van der Waals surface area contributed by atoms with Crippen molar-refractivity contribution in [2.24, 2.45) is 0 Å². The number of hydrogen-bond acceptors (Lipinski definition) is 3. The molecule has 1 fully saturated rings. The highest BCUT2D eigenvalue weighted by Crippen LogP contribution is 2.05. The fourth-order valence-electron chi connectivity index (χ4n) is 1.63. The molecule has 1 aliphatic rings. The molecule has 4 nitrogen and oxygen atoms in total. The summed E-state index contributed by atoms with van der Waals surface area (Å²) in [4.78, 5) is 23.4. The number of hydrogen-bond donors (Lipinski definition) is 2. The Kier molecular flexibility index (Phi) is 3.23. The normalized spacial score (nSPS) is 21.8. The molecule has 0 aliphatic carbocycles. The lowest BCUT2D eigenvalue weighted by Crippen LogP contribution is -2.49. The smallest absolute Gasteiger partial charge is 0.267 e. The first-order valence-corrected chi connectivity index (χ1v) is 5.52. The molecule has 1 atom stereocenters. The highest BCUT2D eigenvalue weighted by atomic mass is 16.2. The predicted molar refractivity (Wildman–Crippen MR) is 64.5 cm³/mol. The molecule has 17 heavy (non-hydrogen) atoms. The summed E-state index contributed by atoms with van der Waals surface area (Å²) in [5.41, 5.74) is 0.908. The molecule has 0 saturated carbocycles. The highest BCUT2D eigenvalue weighted by Gasteiger charge is 2.19. The molecule has 0 unspecified atom stereocenters. The van der Waals surface area contributed by atoms with Gasteiger partial charge in [-0.05, 0) is 6.92 Å². The van der Waals surface area contributed by atoms with Gasteiger partial charge in [0.25, 0.3) is 5.91 Å². The Balaban J connectivity index is 2.15. The molecule has 0 spiro atoms. The van der Waals surface area contributed by atoms with E-state index in [-0.39, 0.29) is 17.7 Å². The molecular formula is C13H14N2O2. The quantitative estimate of drug-likeness (QED) is 0.585. The summed E-state index contributed by atoms with van der Waals surface area (Å²) in [5.74, 6) is -0.397. The number of carbonyl (C=O) groups excluding carboxylic acids is 2. The van der Waals surface area contributed by atoms with Gasteiger partial charge in [-0.25, -0.2) is 0 Å². The number of nitrogens with one attached hydrogen (secondary N) is 2. The number of carbonyl (C=O) groups is 2. The van der Waals surface area contributed by atoms with Crippen molar-refractivity contribution in [3.63, 3.8) is 0 Å². The molecular weight excluding hydrogens is 216 g/mol. The number of ketones is 1. The van der Waals surface area contributed by atoms with Crippen LogP contribution >= 0.6 is 0 Å². The second-order valence-electron chi connectivity index (χ2n) is 4.04. The van der Waals surface area contributed by atoms with Gasteiger partial charge in [-0.3, -0.25) is 9.59 Å². The van der Waals surface area contributed by atoms with Gasteiger partial charge in [0.1, 0.15) is 5.70 Å².